The van der Waals surface area contributed by atoms with Gasteiger partial charge in [-0.05, 0) is 31.5 Å². The molecule has 0 aliphatic rings. The van der Waals surface area contributed by atoms with Crippen LogP contribution in [0.25, 0.3) is 0 Å². The van der Waals surface area contributed by atoms with Crippen LogP contribution >= 0.6 is 11.6 Å². The van der Waals surface area contributed by atoms with Gasteiger partial charge >= 0.3 is 5.97 Å². The number of amides is 1. The molecule has 0 aromatic heterocycles. The summed E-state index contributed by atoms with van der Waals surface area (Å²) in [6, 6.07) is 7.03. The maximum Gasteiger partial charge on any atom is 0.305 e. The number of carboxylic acids is 1. The Morgan fingerprint density at radius 3 is 2.67 bits per heavy atom. The lowest BCUT2D eigenvalue weighted by molar-refractivity contribution is -0.139. The second kappa shape index (κ2) is 7.43. The van der Waals surface area contributed by atoms with Gasteiger partial charge in [-0.2, -0.15) is 0 Å². The molecular formula is C15H20ClNO4. The largest absolute Gasteiger partial charge is 0.481 e. The number of hydrogen-bond donors (Lipinski definition) is 2. The number of carboxylic acid groups (broad SMARTS) is 1. The van der Waals surface area contributed by atoms with Crippen LogP contribution < -0.4 is 5.32 Å². The van der Waals surface area contributed by atoms with Gasteiger partial charge in [-0.1, -0.05) is 23.7 Å². The van der Waals surface area contributed by atoms with Crippen molar-refractivity contribution in [3.05, 3.63) is 34.9 Å². The fourth-order valence-electron chi connectivity index (χ4n) is 2.12. The van der Waals surface area contributed by atoms with Gasteiger partial charge in [0.05, 0.1) is 24.5 Å². The molecule has 0 aliphatic carbocycles. The molecule has 1 aromatic rings. The fourth-order valence-corrected chi connectivity index (χ4v) is 2.32. The summed E-state index contributed by atoms with van der Waals surface area (Å²) in [5, 5.41) is 12.3. The molecule has 116 valence electrons. The van der Waals surface area contributed by atoms with Crippen LogP contribution in [0.4, 0.5) is 0 Å². The minimum atomic E-state index is -0.995. The molecule has 21 heavy (non-hydrogen) atoms. The lowest BCUT2D eigenvalue weighted by Gasteiger charge is -2.30. The molecule has 5 nitrogen and oxygen atoms in total. The number of rotatable bonds is 7. The monoisotopic (exact) mass is 313 g/mol. The van der Waals surface area contributed by atoms with Crippen LogP contribution in [0.2, 0.25) is 5.02 Å². The molecule has 0 fully saturated rings. The normalized spacial score (nSPS) is 15.0. The molecule has 1 amide bonds. The first-order valence-electron chi connectivity index (χ1n) is 6.55. The lowest BCUT2D eigenvalue weighted by Crippen LogP contribution is -2.51. The molecule has 0 aliphatic heterocycles. The van der Waals surface area contributed by atoms with Gasteiger partial charge in [0, 0.05) is 12.1 Å². The van der Waals surface area contributed by atoms with Crippen LogP contribution in [-0.4, -0.2) is 36.2 Å². The molecule has 6 heteroatoms. The van der Waals surface area contributed by atoms with Crippen molar-refractivity contribution in [3.8, 4) is 0 Å². The average Bonchev–Trinajstić information content (AvgIpc) is 2.36. The highest BCUT2D eigenvalue weighted by atomic mass is 35.5. The molecule has 0 radical (unpaired) electrons. The Bertz CT molecular complexity index is 520. The maximum atomic E-state index is 12.3. The lowest BCUT2D eigenvalue weighted by atomic mass is 9.95. The number of carbonyl (C=O) groups excluding carboxylic acids is 1. The number of carbonyl (C=O) groups is 2. The topological polar surface area (TPSA) is 75.6 Å². The van der Waals surface area contributed by atoms with Gasteiger partial charge < -0.3 is 15.2 Å². The van der Waals surface area contributed by atoms with Crippen LogP contribution in [0.15, 0.2) is 24.3 Å². The van der Waals surface area contributed by atoms with Gasteiger partial charge in [0.25, 0.3) is 0 Å². The van der Waals surface area contributed by atoms with Crippen molar-refractivity contribution in [2.75, 3.05) is 13.7 Å². The third kappa shape index (κ3) is 5.36. The van der Waals surface area contributed by atoms with E-state index in [4.69, 9.17) is 21.4 Å². The summed E-state index contributed by atoms with van der Waals surface area (Å²) >= 11 is 5.92. The van der Waals surface area contributed by atoms with E-state index < -0.39 is 17.4 Å². The minimum absolute atomic E-state index is 0.118. The molecule has 2 N–H and O–H groups in total. The molecule has 0 saturated carbocycles. The third-order valence-corrected chi connectivity index (χ3v) is 3.41. The van der Waals surface area contributed by atoms with E-state index in [1.165, 1.54) is 7.11 Å². The number of ether oxygens (including phenoxy) is 1. The Labute approximate surface area is 129 Å². The summed E-state index contributed by atoms with van der Waals surface area (Å²) in [4.78, 5) is 23.3. The van der Waals surface area contributed by atoms with E-state index in [0.717, 1.165) is 5.56 Å². The Morgan fingerprint density at radius 1 is 1.48 bits per heavy atom. The maximum absolute atomic E-state index is 12.3. The Balaban J connectivity index is 2.83. The number of benzene rings is 1. The van der Waals surface area contributed by atoms with Crippen LogP contribution in [0.3, 0.4) is 0 Å². The van der Waals surface area contributed by atoms with Crippen molar-refractivity contribution in [2.45, 2.75) is 31.7 Å². The van der Waals surface area contributed by atoms with E-state index in [1.54, 1.807) is 38.1 Å². The van der Waals surface area contributed by atoms with E-state index >= 15 is 0 Å². The highest BCUT2D eigenvalue weighted by Gasteiger charge is 2.31. The van der Waals surface area contributed by atoms with Gasteiger partial charge in [0.2, 0.25) is 5.91 Å². The Kier molecular flexibility index (Phi) is 6.18. The predicted molar refractivity (Wildman–Crippen MR) is 80.5 cm³/mol. The zero-order valence-corrected chi connectivity index (χ0v) is 13.1. The standard InChI is InChI=1S/C15H20ClNO4/c1-10(11-5-4-6-12(16)7-11)14(20)17-15(2,9-21-3)8-13(18)19/h4-7,10H,8-9H2,1-3H3,(H,17,20)(H,18,19). The molecule has 2 atom stereocenters. The molecule has 0 saturated heterocycles. The van der Waals surface area contributed by atoms with Gasteiger partial charge in [0.15, 0.2) is 0 Å². The SMILES string of the molecule is COCC(C)(CC(=O)O)NC(=O)C(C)c1cccc(Cl)c1. The van der Waals surface area contributed by atoms with Crippen LogP contribution in [0, 0.1) is 0 Å². The second-order valence-electron chi connectivity index (χ2n) is 5.33. The molecule has 0 heterocycles. The zero-order valence-electron chi connectivity index (χ0n) is 12.4. The fraction of sp³-hybridized carbons (Fsp3) is 0.467. The van der Waals surface area contributed by atoms with Crippen LogP contribution in [0.5, 0.6) is 0 Å². The van der Waals surface area contributed by atoms with Crippen molar-refractivity contribution >= 4 is 23.5 Å². The number of methoxy groups -OCH3 is 1. The number of hydrogen-bond acceptors (Lipinski definition) is 3. The van der Waals surface area contributed by atoms with Crippen molar-refractivity contribution in [1.82, 2.24) is 5.32 Å². The van der Waals surface area contributed by atoms with Gasteiger partial charge in [0.1, 0.15) is 0 Å². The summed E-state index contributed by atoms with van der Waals surface area (Å²) in [6.07, 6.45) is -0.213. The first-order chi connectivity index (χ1) is 9.77. The Hall–Kier alpha value is -1.59. The van der Waals surface area contributed by atoms with Crippen molar-refractivity contribution in [3.63, 3.8) is 0 Å². The highest BCUT2D eigenvalue weighted by Crippen LogP contribution is 2.21. The second-order valence-corrected chi connectivity index (χ2v) is 5.77. The summed E-state index contributed by atoms with van der Waals surface area (Å²) in [5.41, 5.74) is -0.181. The zero-order chi connectivity index (χ0) is 16.0. The van der Waals surface area contributed by atoms with E-state index in [-0.39, 0.29) is 18.9 Å². The summed E-state index contributed by atoms with van der Waals surface area (Å²) in [5.74, 6) is -1.70. The number of nitrogens with one attached hydrogen (secondary N) is 1. The summed E-state index contributed by atoms with van der Waals surface area (Å²) in [7, 11) is 1.46. The predicted octanol–water partition coefficient (Wildman–Crippen LogP) is 2.44. The van der Waals surface area contributed by atoms with Crippen LogP contribution in [-0.2, 0) is 14.3 Å². The van der Waals surface area contributed by atoms with E-state index in [9.17, 15) is 9.59 Å². The van der Waals surface area contributed by atoms with E-state index in [0.29, 0.717) is 5.02 Å². The summed E-state index contributed by atoms with van der Waals surface area (Å²) in [6.45, 7) is 3.51. The van der Waals surface area contributed by atoms with E-state index in [1.807, 2.05) is 0 Å². The smallest absolute Gasteiger partial charge is 0.305 e. The van der Waals surface area contributed by atoms with Crippen molar-refractivity contribution < 1.29 is 19.4 Å². The number of aliphatic carboxylic acids is 1. The molecule has 1 aromatic carbocycles. The average molecular weight is 314 g/mol. The first-order valence-corrected chi connectivity index (χ1v) is 6.93. The third-order valence-electron chi connectivity index (χ3n) is 3.17. The van der Waals surface area contributed by atoms with Gasteiger partial charge in [-0.15, -0.1) is 0 Å². The Morgan fingerprint density at radius 2 is 2.14 bits per heavy atom. The summed E-state index contributed by atoms with van der Waals surface area (Å²) < 4.78 is 5.01. The molecule has 0 spiro atoms. The molecule has 2 unspecified atom stereocenters. The van der Waals surface area contributed by atoms with Gasteiger partial charge in [-0.3, -0.25) is 9.59 Å². The van der Waals surface area contributed by atoms with E-state index in [2.05, 4.69) is 5.32 Å². The quantitative estimate of drug-likeness (QED) is 0.810. The highest BCUT2D eigenvalue weighted by molar-refractivity contribution is 6.30. The molecule has 0 bridgehead atoms. The van der Waals surface area contributed by atoms with Crippen molar-refractivity contribution in [1.29, 1.82) is 0 Å². The molecule has 1 rings (SSSR count). The van der Waals surface area contributed by atoms with Gasteiger partial charge in [-0.25, -0.2) is 0 Å². The molecular weight excluding hydrogens is 294 g/mol. The first kappa shape index (κ1) is 17.5. The van der Waals surface area contributed by atoms with Crippen LogP contribution in [0.1, 0.15) is 31.7 Å². The minimum Gasteiger partial charge on any atom is -0.481 e. The number of halogens is 1. The van der Waals surface area contributed by atoms with Crippen molar-refractivity contribution in [2.24, 2.45) is 0 Å².